The van der Waals surface area contributed by atoms with Crippen LogP contribution in [-0.2, 0) is 6.42 Å². The zero-order chi connectivity index (χ0) is 25.6. The molecule has 1 aromatic heterocycles. The van der Waals surface area contributed by atoms with Crippen molar-refractivity contribution in [2.75, 3.05) is 67.7 Å². The molecule has 0 spiro atoms. The molecule has 2 aliphatic heterocycles. The lowest BCUT2D eigenvalue weighted by atomic mass is 10.0. The Balaban J connectivity index is 1.26. The number of para-hydroxylation sites is 1. The second kappa shape index (κ2) is 11.9. The lowest BCUT2D eigenvalue weighted by Gasteiger charge is -2.34. The van der Waals surface area contributed by atoms with Gasteiger partial charge in [-0.3, -0.25) is 0 Å². The number of ether oxygens (including phenoxy) is 1. The van der Waals surface area contributed by atoms with Gasteiger partial charge in [0.1, 0.15) is 10.8 Å². The van der Waals surface area contributed by atoms with Gasteiger partial charge >= 0.3 is 0 Å². The number of likely N-dealkylation sites (N-methyl/N-ethyl adjacent to an activating group) is 1. The summed E-state index contributed by atoms with van der Waals surface area (Å²) in [4.78, 5) is 11.4. The van der Waals surface area contributed by atoms with Crippen molar-refractivity contribution >= 4 is 46.1 Å². The fourth-order valence-electron chi connectivity index (χ4n) is 4.93. The number of fused-ring (bicyclic) bond motifs is 1. The summed E-state index contributed by atoms with van der Waals surface area (Å²) in [5, 5.41) is 17.4. The van der Waals surface area contributed by atoms with Crippen molar-refractivity contribution in [3.8, 4) is 5.75 Å². The van der Waals surface area contributed by atoms with E-state index < -0.39 is 0 Å². The maximum absolute atomic E-state index is 6.44. The Morgan fingerprint density at radius 2 is 1.97 bits per heavy atom. The van der Waals surface area contributed by atoms with Crippen molar-refractivity contribution in [1.82, 2.24) is 20.6 Å². The molecule has 0 bridgehead atoms. The molecule has 3 aromatic rings. The molecule has 196 valence electrons. The number of nitrogens with zero attached hydrogens (tertiary/aromatic N) is 3. The van der Waals surface area contributed by atoms with Crippen LogP contribution in [-0.4, -0.2) is 62.9 Å². The van der Waals surface area contributed by atoms with Gasteiger partial charge in [-0.25, -0.2) is 4.98 Å². The third kappa shape index (κ3) is 6.01. The number of methoxy groups -OCH3 is 1. The van der Waals surface area contributed by atoms with Crippen LogP contribution in [0.2, 0.25) is 5.02 Å². The molecule has 0 saturated carbocycles. The first-order valence-electron chi connectivity index (χ1n) is 12.9. The third-order valence-corrected chi connectivity index (χ3v) is 7.22. The van der Waals surface area contributed by atoms with Gasteiger partial charge in [-0.15, -0.1) is 0 Å². The van der Waals surface area contributed by atoms with Gasteiger partial charge in [0.25, 0.3) is 0 Å². The van der Waals surface area contributed by atoms with Gasteiger partial charge in [0, 0.05) is 50.5 Å². The quantitative estimate of drug-likeness (QED) is 0.248. The summed E-state index contributed by atoms with van der Waals surface area (Å²) < 4.78 is 5.72. The molecule has 10 heteroatoms. The van der Waals surface area contributed by atoms with Crippen molar-refractivity contribution < 1.29 is 4.74 Å². The van der Waals surface area contributed by atoms with Crippen LogP contribution < -0.4 is 36.2 Å². The molecular formula is C27H35ClN8O. The molecule has 0 aliphatic carbocycles. The Labute approximate surface area is 223 Å². The average molecular weight is 523 g/mol. The summed E-state index contributed by atoms with van der Waals surface area (Å²) >= 11 is 6.44. The molecule has 0 atom stereocenters. The van der Waals surface area contributed by atoms with Crippen LogP contribution in [0.1, 0.15) is 18.4 Å². The van der Waals surface area contributed by atoms with Crippen molar-refractivity contribution in [3.05, 3.63) is 53.2 Å². The van der Waals surface area contributed by atoms with Crippen LogP contribution in [0.4, 0.5) is 34.5 Å². The predicted octanol–water partition coefficient (Wildman–Crippen LogP) is 4.37. The van der Waals surface area contributed by atoms with Crippen molar-refractivity contribution in [2.24, 2.45) is 0 Å². The largest absolute Gasteiger partial charge is 0.494 e. The Bertz CT molecular complexity index is 1220. The highest BCUT2D eigenvalue weighted by Crippen LogP contribution is 2.36. The maximum atomic E-state index is 6.44. The van der Waals surface area contributed by atoms with Gasteiger partial charge in [-0.1, -0.05) is 23.7 Å². The van der Waals surface area contributed by atoms with Gasteiger partial charge in [0.05, 0.1) is 30.4 Å². The molecule has 1 fully saturated rings. The molecule has 37 heavy (non-hydrogen) atoms. The fourth-order valence-corrected chi connectivity index (χ4v) is 5.07. The molecule has 2 aliphatic rings. The van der Waals surface area contributed by atoms with Gasteiger partial charge < -0.3 is 36.2 Å². The molecule has 0 radical (unpaired) electrons. The number of aromatic nitrogens is 2. The van der Waals surface area contributed by atoms with E-state index in [2.05, 4.69) is 59.7 Å². The van der Waals surface area contributed by atoms with E-state index in [9.17, 15) is 0 Å². The first-order chi connectivity index (χ1) is 18.1. The van der Waals surface area contributed by atoms with Crippen LogP contribution in [0.5, 0.6) is 5.75 Å². The summed E-state index contributed by atoms with van der Waals surface area (Å²) in [6.07, 6.45) is 4.86. The van der Waals surface area contributed by atoms with E-state index in [1.807, 2.05) is 25.2 Å². The lowest BCUT2D eigenvalue weighted by Crippen LogP contribution is -2.44. The van der Waals surface area contributed by atoms with Crippen molar-refractivity contribution in [1.29, 1.82) is 0 Å². The topological polar surface area (TPSA) is 98.4 Å². The normalized spacial score (nSPS) is 15.3. The first kappa shape index (κ1) is 25.4. The molecular weight excluding hydrogens is 488 g/mol. The number of anilines is 6. The van der Waals surface area contributed by atoms with E-state index in [1.54, 1.807) is 13.3 Å². The summed E-state index contributed by atoms with van der Waals surface area (Å²) in [7, 11) is 3.67. The van der Waals surface area contributed by atoms with E-state index in [0.717, 1.165) is 80.5 Å². The second-order valence-corrected chi connectivity index (χ2v) is 9.77. The minimum absolute atomic E-state index is 0.437. The Morgan fingerprint density at radius 1 is 1.11 bits per heavy atom. The van der Waals surface area contributed by atoms with Crippen molar-refractivity contribution in [3.63, 3.8) is 0 Å². The van der Waals surface area contributed by atoms with Gasteiger partial charge in [0.2, 0.25) is 5.95 Å². The highest BCUT2D eigenvalue weighted by atomic mass is 35.5. The monoisotopic (exact) mass is 522 g/mol. The third-order valence-electron chi connectivity index (χ3n) is 6.94. The number of hydrogen-bond acceptors (Lipinski definition) is 9. The molecule has 0 unspecified atom stereocenters. The highest BCUT2D eigenvalue weighted by Gasteiger charge is 2.20. The number of rotatable bonds is 10. The number of nitrogens with one attached hydrogen (secondary N) is 5. The van der Waals surface area contributed by atoms with Gasteiger partial charge in [-0.05, 0) is 50.1 Å². The molecule has 5 N–H and O–H groups in total. The summed E-state index contributed by atoms with van der Waals surface area (Å²) in [6.45, 7) is 4.96. The van der Waals surface area contributed by atoms with Crippen molar-refractivity contribution in [2.45, 2.75) is 25.3 Å². The first-order valence-corrected chi connectivity index (χ1v) is 13.3. The van der Waals surface area contributed by atoms with E-state index in [4.69, 9.17) is 16.3 Å². The standard InChI is InChI=1S/C27H35ClN8O/c1-29-12-13-30-19-9-14-36(15-10-19)20-6-7-22(24(16-20)37-2)34-27-32-17-21(28)26(35-27)33-23-5-3-4-18-8-11-31-25(18)23/h3-7,16-17,19,29-31H,8-15H2,1-2H3,(H2,32,33,34,35). The molecule has 1 saturated heterocycles. The maximum Gasteiger partial charge on any atom is 0.229 e. The number of hydrogen-bond donors (Lipinski definition) is 5. The molecule has 9 nitrogen and oxygen atoms in total. The second-order valence-electron chi connectivity index (χ2n) is 9.36. The van der Waals surface area contributed by atoms with Crippen LogP contribution >= 0.6 is 11.6 Å². The molecule has 5 rings (SSSR count). The van der Waals surface area contributed by atoms with Gasteiger partial charge in [0.15, 0.2) is 5.82 Å². The minimum Gasteiger partial charge on any atom is -0.494 e. The number of halogens is 1. The highest BCUT2D eigenvalue weighted by molar-refractivity contribution is 6.33. The Kier molecular flexibility index (Phi) is 8.13. The minimum atomic E-state index is 0.437. The molecule has 3 heterocycles. The Hall–Kier alpha value is -3.27. The SMILES string of the molecule is CNCCNC1CCN(c2ccc(Nc3ncc(Cl)c(Nc4cccc5c4NCC5)n3)c(OC)c2)CC1. The van der Waals surface area contributed by atoms with Crippen LogP contribution in [0.25, 0.3) is 0 Å². The number of piperidine rings is 1. The molecule has 2 aromatic carbocycles. The average Bonchev–Trinajstić information content (AvgIpc) is 3.41. The zero-order valence-corrected chi connectivity index (χ0v) is 22.2. The van der Waals surface area contributed by atoms with Gasteiger partial charge in [-0.2, -0.15) is 4.98 Å². The fraction of sp³-hybridized carbons (Fsp3) is 0.407. The van der Waals surface area contributed by atoms with E-state index in [0.29, 0.717) is 22.8 Å². The van der Waals surface area contributed by atoms with Crippen LogP contribution in [0.3, 0.4) is 0 Å². The summed E-state index contributed by atoms with van der Waals surface area (Å²) in [6, 6.07) is 13.0. The zero-order valence-electron chi connectivity index (χ0n) is 21.4. The predicted molar refractivity (Wildman–Crippen MR) is 152 cm³/mol. The van der Waals surface area contributed by atoms with E-state index >= 15 is 0 Å². The van der Waals surface area contributed by atoms with E-state index in [-0.39, 0.29) is 0 Å². The summed E-state index contributed by atoms with van der Waals surface area (Å²) in [5.74, 6) is 1.72. The van der Waals surface area contributed by atoms with E-state index in [1.165, 1.54) is 5.56 Å². The lowest BCUT2D eigenvalue weighted by molar-refractivity contribution is 0.410. The Morgan fingerprint density at radius 3 is 2.78 bits per heavy atom. The van der Waals surface area contributed by atoms with Crippen LogP contribution in [0.15, 0.2) is 42.6 Å². The smallest absolute Gasteiger partial charge is 0.229 e. The molecule has 0 amide bonds. The summed E-state index contributed by atoms with van der Waals surface area (Å²) in [5.41, 5.74) is 5.28. The number of benzene rings is 2. The van der Waals surface area contributed by atoms with Crippen LogP contribution in [0, 0.1) is 0 Å².